The first-order chi connectivity index (χ1) is 9.02. The predicted octanol–water partition coefficient (Wildman–Crippen LogP) is 2.45. The highest BCUT2D eigenvalue weighted by Gasteiger charge is 2.09. The molecule has 0 spiro atoms. The Balaban J connectivity index is 2.53. The standard InChI is InChI=1S/C15H19NO3/c1-3-11(2)15(19)16-10-13-6-4-12(5-7-13)8-9-14(17)18/h4-9,11H,3,10H2,1-2H3,(H,16,19)(H,17,18). The Bertz CT molecular complexity index is 463. The molecule has 0 saturated heterocycles. The van der Waals surface area contributed by atoms with Crippen molar-refractivity contribution in [2.24, 2.45) is 5.92 Å². The van der Waals surface area contributed by atoms with Crippen LogP contribution in [0.15, 0.2) is 30.3 Å². The zero-order valence-electron chi connectivity index (χ0n) is 11.2. The third kappa shape index (κ3) is 5.38. The van der Waals surface area contributed by atoms with Gasteiger partial charge in [0.1, 0.15) is 0 Å². The topological polar surface area (TPSA) is 66.4 Å². The van der Waals surface area contributed by atoms with Crippen molar-refractivity contribution in [1.29, 1.82) is 0 Å². The number of aliphatic carboxylic acids is 1. The summed E-state index contributed by atoms with van der Waals surface area (Å²) in [7, 11) is 0. The maximum absolute atomic E-state index is 11.6. The normalized spacial score (nSPS) is 12.3. The van der Waals surface area contributed by atoms with Gasteiger partial charge in [-0.3, -0.25) is 4.79 Å². The van der Waals surface area contributed by atoms with Gasteiger partial charge in [-0.1, -0.05) is 38.1 Å². The van der Waals surface area contributed by atoms with Crippen LogP contribution in [0.1, 0.15) is 31.4 Å². The van der Waals surface area contributed by atoms with Gasteiger partial charge in [0, 0.05) is 18.5 Å². The molecule has 0 fully saturated rings. The van der Waals surface area contributed by atoms with Gasteiger partial charge in [-0.15, -0.1) is 0 Å². The number of benzene rings is 1. The van der Waals surface area contributed by atoms with E-state index in [1.165, 1.54) is 6.08 Å². The van der Waals surface area contributed by atoms with E-state index in [4.69, 9.17) is 5.11 Å². The Morgan fingerprint density at radius 1 is 1.32 bits per heavy atom. The average molecular weight is 261 g/mol. The molecule has 1 aromatic rings. The second-order valence-electron chi connectivity index (χ2n) is 4.44. The van der Waals surface area contributed by atoms with Crippen LogP contribution in [-0.4, -0.2) is 17.0 Å². The second-order valence-corrected chi connectivity index (χ2v) is 4.44. The van der Waals surface area contributed by atoms with Gasteiger partial charge < -0.3 is 10.4 Å². The van der Waals surface area contributed by atoms with Gasteiger partial charge in [-0.25, -0.2) is 4.79 Å². The molecule has 1 rings (SSSR count). The molecule has 1 atom stereocenters. The van der Waals surface area contributed by atoms with Crippen LogP contribution < -0.4 is 5.32 Å². The van der Waals surface area contributed by atoms with Crippen LogP contribution in [0, 0.1) is 5.92 Å². The van der Waals surface area contributed by atoms with Crippen LogP contribution in [0.3, 0.4) is 0 Å². The van der Waals surface area contributed by atoms with Gasteiger partial charge in [-0.05, 0) is 23.6 Å². The summed E-state index contributed by atoms with van der Waals surface area (Å²) in [5.74, 6) is -0.889. The van der Waals surface area contributed by atoms with E-state index in [9.17, 15) is 9.59 Å². The molecule has 0 bridgehead atoms. The molecule has 0 aliphatic carbocycles. The molecule has 2 N–H and O–H groups in total. The number of carbonyl (C=O) groups excluding carboxylic acids is 1. The van der Waals surface area contributed by atoms with E-state index >= 15 is 0 Å². The largest absolute Gasteiger partial charge is 0.478 e. The minimum atomic E-state index is -0.968. The van der Waals surface area contributed by atoms with Crippen molar-refractivity contribution >= 4 is 18.0 Å². The lowest BCUT2D eigenvalue weighted by molar-refractivity contribution is -0.131. The summed E-state index contributed by atoms with van der Waals surface area (Å²) in [6.07, 6.45) is 3.45. The van der Waals surface area contributed by atoms with Gasteiger partial charge in [0.15, 0.2) is 0 Å². The molecule has 0 aliphatic rings. The molecule has 4 heteroatoms. The van der Waals surface area contributed by atoms with Crippen LogP contribution in [-0.2, 0) is 16.1 Å². The monoisotopic (exact) mass is 261 g/mol. The van der Waals surface area contributed by atoms with Gasteiger partial charge in [0.05, 0.1) is 0 Å². The van der Waals surface area contributed by atoms with Crippen molar-refractivity contribution in [3.8, 4) is 0 Å². The van der Waals surface area contributed by atoms with Gasteiger partial charge in [0.2, 0.25) is 5.91 Å². The van der Waals surface area contributed by atoms with E-state index < -0.39 is 5.97 Å². The van der Waals surface area contributed by atoms with E-state index in [0.29, 0.717) is 6.54 Å². The van der Waals surface area contributed by atoms with E-state index in [1.807, 2.05) is 38.1 Å². The Labute approximate surface area is 113 Å². The number of amides is 1. The van der Waals surface area contributed by atoms with Gasteiger partial charge >= 0.3 is 5.97 Å². The highest BCUT2D eigenvalue weighted by Crippen LogP contribution is 2.07. The first kappa shape index (κ1) is 15.0. The van der Waals surface area contributed by atoms with Crippen LogP contribution in [0.25, 0.3) is 6.08 Å². The SMILES string of the molecule is CCC(C)C(=O)NCc1ccc(C=CC(=O)O)cc1. The minimum absolute atomic E-state index is 0.0257. The van der Waals surface area contributed by atoms with Crippen molar-refractivity contribution in [2.45, 2.75) is 26.8 Å². The highest BCUT2D eigenvalue weighted by atomic mass is 16.4. The van der Waals surface area contributed by atoms with Crippen LogP contribution in [0.5, 0.6) is 0 Å². The van der Waals surface area contributed by atoms with Crippen LogP contribution in [0.4, 0.5) is 0 Å². The van der Waals surface area contributed by atoms with Crippen molar-refractivity contribution < 1.29 is 14.7 Å². The quantitative estimate of drug-likeness (QED) is 0.773. The molecule has 1 unspecified atom stereocenters. The van der Waals surface area contributed by atoms with Crippen molar-refractivity contribution in [3.05, 3.63) is 41.5 Å². The number of hydrogen-bond donors (Lipinski definition) is 2. The average Bonchev–Trinajstić information content (AvgIpc) is 2.42. The van der Waals surface area contributed by atoms with Gasteiger partial charge in [0.25, 0.3) is 0 Å². The molecule has 1 amide bonds. The number of rotatable bonds is 6. The molecular weight excluding hydrogens is 242 g/mol. The number of nitrogens with one attached hydrogen (secondary N) is 1. The van der Waals surface area contributed by atoms with E-state index in [1.54, 1.807) is 0 Å². The molecular formula is C15H19NO3. The predicted molar refractivity (Wildman–Crippen MR) is 74.4 cm³/mol. The fraction of sp³-hybridized carbons (Fsp3) is 0.333. The fourth-order valence-electron chi connectivity index (χ4n) is 1.46. The Morgan fingerprint density at radius 3 is 2.47 bits per heavy atom. The Kier molecular flexibility index (Phi) is 5.79. The molecule has 4 nitrogen and oxygen atoms in total. The Morgan fingerprint density at radius 2 is 1.95 bits per heavy atom. The van der Waals surface area contributed by atoms with Crippen molar-refractivity contribution in [1.82, 2.24) is 5.32 Å². The Hall–Kier alpha value is -2.10. The van der Waals surface area contributed by atoms with Crippen molar-refractivity contribution in [2.75, 3.05) is 0 Å². The third-order valence-electron chi connectivity index (χ3n) is 2.92. The van der Waals surface area contributed by atoms with Crippen LogP contribution in [0.2, 0.25) is 0 Å². The molecule has 0 aliphatic heterocycles. The summed E-state index contributed by atoms with van der Waals surface area (Å²) in [5, 5.41) is 11.4. The van der Waals surface area contributed by atoms with Crippen LogP contribution >= 0.6 is 0 Å². The summed E-state index contributed by atoms with van der Waals surface area (Å²) in [6, 6.07) is 7.39. The summed E-state index contributed by atoms with van der Waals surface area (Å²) >= 11 is 0. The number of hydrogen-bond acceptors (Lipinski definition) is 2. The summed E-state index contributed by atoms with van der Waals surface area (Å²) in [5.41, 5.74) is 1.81. The number of carboxylic acids is 1. The smallest absolute Gasteiger partial charge is 0.328 e. The lowest BCUT2D eigenvalue weighted by Crippen LogP contribution is -2.28. The van der Waals surface area contributed by atoms with Crippen molar-refractivity contribution in [3.63, 3.8) is 0 Å². The van der Waals surface area contributed by atoms with Gasteiger partial charge in [-0.2, -0.15) is 0 Å². The molecule has 19 heavy (non-hydrogen) atoms. The second kappa shape index (κ2) is 7.36. The molecule has 102 valence electrons. The maximum atomic E-state index is 11.6. The molecule has 0 aromatic heterocycles. The third-order valence-corrected chi connectivity index (χ3v) is 2.92. The lowest BCUT2D eigenvalue weighted by Gasteiger charge is -2.10. The fourth-order valence-corrected chi connectivity index (χ4v) is 1.46. The number of carbonyl (C=O) groups is 2. The highest BCUT2D eigenvalue weighted by molar-refractivity contribution is 5.85. The summed E-state index contributed by atoms with van der Waals surface area (Å²) < 4.78 is 0. The molecule has 0 saturated carbocycles. The molecule has 0 radical (unpaired) electrons. The molecule has 1 aromatic carbocycles. The first-order valence-corrected chi connectivity index (χ1v) is 6.30. The lowest BCUT2D eigenvalue weighted by atomic mass is 10.1. The zero-order valence-corrected chi connectivity index (χ0v) is 11.2. The van der Waals surface area contributed by atoms with E-state index in [-0.39, 0.29) is 11.8 Å². The molecule has 0 heterocycles. The zero-order chi connectivity index (χ0) is 14.3. The number of carboxylic acid groups (broad SMARTS) is 1. The maximum Gasteiger partial charge on any atom is 0.328 e. The van der Waals surface area contributed by atoms with E-state index in [0.717, 1.165) is 23.6 Å². The first-order valence-electron chi connectivity index (χ1n) is 6.30. The van der Waals surface area contributed by atoms with E-state index in [2.05, 4.69) is 5.32 Å². The summed E-state index contributed by atoms with van der Waals surface area (Å²) in [4.78, 5) is 22.0. The minimum Gasteiger partial charge on any atom is -0.478 e. The summed E-state index contributed by atoms with van der Waals surface area (Å²) in [6.45, 7) is 4.37.